The van der Waals surface area contributed by atoms with E-state index < -0.39 is 5.60 Å². The van der Waals surface area contributed by atoms with Gasteiger partial charge in [0, 0.05) is 64.3 Å². The number of carbonyl (C=O) groups excluding carboxylic acids is 1. The van der Waals surface area contributed by atoms with E-state index in [0.717, 1.165) is 52.6 Å². The number of carbonyl (C=O) groups is 1. The average Bonchev–Trinajstić information content (AvgIpc) is 3.22. The summed E-state index contributed by atoms with van der Waals surface area (Å²) in [6.07, 6.45) is 5.15. The molecule has 1 aliphatic heterocycles. The van der Waals surface area contributed by atoms with E-state index in [2.05, 4.69) is 31.5 Å². The molecule has 0 spiro atoms. The number of ether oxygens (including phenoxy) is 2. The van der Waals surface area contributed by atoms with Crippen molar-refractivity contribution in [3.8, 4) is 11.3 Å². The predicted molar refractivity (Wildman–Crippen MR) is 165 cm³/mol. The fraction of sp³-hybridized carbons (Fsp3) is 0.613. The van der Waals surface area contributed by atoms with Crippen molar-refractivity contribution in [2.24, 2.45) is 7.05 Å². The molecule has 41 heavy (non-hydrogen) atoms. The number of pyridine rings is 1. The highest BCUT2D eigenvalue weighted by molar-refractivity contribution is 6.55. The van der Waals surface area contributed by atoms with Gasteiger partial charge in [-0.1, -0.05) is 26.9 Å². The number of hydrogen-bond acceptors (Lipinski definition) is 6. The molecule has 3 aromatic rings. The minimum Gasteiger partial charge on any atom is -0.444 e. The van der Waals surface area contributed by atoms with Crippen molar-refractivity contribution >= 4 is 25.9 Å². The van der Waals surface area contributed by atoms with Crippen LogP contribution in [0.15, 0.2) is 23.3 Å². The van der Waals surface area contributed by atoms with Crippen LogP contribution < -0.4 is 5.56 Å². The quantitative estimate of drug-likeness (QED) is 0.237. The van der Waals surface area contributed by atoms with Gasteiger partial charge in [0.15, 0.2) is 0 Å². The third kappa shape index (κ3) is 7.09. The molecule has 10 heteroatoms. The van der Waals surface area contributed by atoms with E-state index in [1.54, 1.807) is 16.5 Å². The first-order valence-corrected chi connectivity index (χ1v) is 17.4. The number of aromatic nitrogens is 4. The van der Waals surface area contributed by atoms with Gasteiger partial charge in [0.2, 0.25) is 0 Å². The Labute approximate surface area is 245 Å². The highest BCUT2D eigenvalue weighted by Gasteiger charge is 2.30. The van der Waals surface area contributed by atoms with Gasteiger partial charge in [-0.15, -0.1) is 0 Å². The molecule has 1 fully saturated rings. The van der Waals surface area contributed by atoms with Crippen molar-refractivity contribution in [1.82, 2.24) is 24.0 Å². The number of amides is 1. The van der Waals surface area contributed by atoms with Crippen molar-refractivity contribution in [2.75, 3.05) is 19.7 Å². The van der Waals surface area contributed by atoms with Gasteiger partial charge < -0.3 is 23.5 Å². The first-order valence-electron chi connectivity index (χ1n) is 14.7. The predicted octanol–water partition coefficient (Wildman–Crippen LogP) is 6.07. The maximum Gasteiger partial charge on any atom is 0.410 e. The molecule has 1 amide bonds. The summed E-state index contributed by atoms with van der Waals surface area (Å²) in [5.41, 5.74) is 5.18. The van der Waals surface area contributed by atoms with Crippen molar-refractivity contribution < 1.29 is 14.3 Å². The molecule has 1 aliphatic rings. The van der Waals surface area contributed by atoms with Crippen LogP contribution in [0.1, 0.15) is 76.2 Å². The molecule has 1 saturated heterocycles. The van der Waals surface area contributed by atoms with Crippen LogP contribution in [-0.2, 0) is 23.3 Å². The molecule has 1 radical (unpaired) electrons. The molecule has 223 valence electrons. The van der Waals surface area contributed by atoms with E-state index in [0.29, 0.717) is 32.0 Å². The number of likely N-dealkylation sites (tertiary alicyclic amines) is 1. The second kappa shape index (κ2) is 12.5. The van der Waals surface area contributed by atoms with E-state index in [9.17, 15) is 9.59 Å². The van der Waals surface area contributed by atoms with Gasteiger partial charge in [-0.25, -0.2) is 14.8 Å². The zero-order valence-corrected chi connectivity index (χ0v) is 27.2. The second-order valence-electron chi connectivity index (χ2n) is 12.9. The van der Waals surface area contributed by atoms with Crippen molar-refractivity contribution in [1.29, 1.82) is 0 Å². The topological polar surface area (TPSA) is 91.5 Å². The van der Waals surface area contributed by atoms with Gasteiger partial charge >= 0.3 is 6.09 Å². The first-order chi connectivity index (χ1) is 19.3. The Balaban J connectivity index is 1.73. The van der Waals surface area contributed by atoms with Gasteiger partial charge in [-0.05, 0) is 58.6 Å². The maximum atomic E-state index is 12.6. The Hall–Kier alpha value is -2.98. The summed E-state index contributed by atoms with van der Waals surface area (Å²) < 4.78 is 15.6. The smallest absolute Gasteiger partial charge is 0.410 e. The molecular weight excluding hydrogens is 534 g/mol. The number of fused-ring (bicyclic) bond motifs is 1. The Kier molecular flexibility index (Phi) is 9.43. The van der Waals surface area contributed by atoms with Crippen LogP contribution in [0.5, 0.6) is 0 Å². The third-order valence-electron chi connectivity index (χ3n) is 7.55. The molecule has 0 unspecified atom stereocenters. The average molecular weight is 581 g/mol. The van der Waals surface area contributed by atoms with Gasteiger partial charge in [-0.2, -0.15) is 0 Å². The number of rotatable bonds is 8. The van der Waals surface area contributed by atoms with Gasteiger partial charge in [0.1, 0.15) is 18.2 Å². The summed E-state index contributed by atoms with van der Waals surface area (Å²) in [7, 11) is 1.42. The Bertz CT molecular complexity index is 1420. The minimum absolute atomic E-state index is 0.000806. The summed E-state index contributed by atoms with van der Waals surface area (Å²) in [6, 6.07) is 3.05. The van der Waals surface area contributed by atoms with E-state index >= 15 is 0 Å². The molecule has 0 N–H and O–H groups in total. The molecule has 3 aromatic heterocycles. The van der Waals surface area contributed by atoms with Crippen LogP contribution in [0, 0.1) is 6.92 Å². The normalized spacial score (nSPS) is 15.0. The molecule has 0 aromatic carbocycles. The van der Waals surface area contributed by atoms with E-state index in [1.165, 1.54) is 0 Å². The van der Waals surface area contributed by atoms with E-state index in [4.69, 9.17) is 19.4 Å². The lowest BCUT2D eigenvalue weighted by molar-refractivity contribution is 0.0203. The minimum atomic E-state index is -0.510. The van der Waals surface area contributed by atoms with Crippen LogP contribution >= 0.6 is 0 Å². The summed E-state index contributed by atoms with van der Waals surface area (Å²) in [4.78, 5) is 36.9. The third-order valence-corrected chi connectivity index (χ3v) is 8.75. The van der Waals surface area contributed by atoms with Crippen LogP contribution in [0.25, 0.3) is 22.3 Å². The Morgan fingerprint density at radius 3 is 2.46 bits per heavy atom. The largest absolute Gasteiger partial charge is 0.444 e. The van der Waals surface area contributed by atoms with Gasteiger partial charge in [0.05, 0.1) is 22.9 Å². The number of piperidine rings is 1. The lowest BCUT2D eigenvalue weighted by Crippen LogP contribution is -2.41. The fourth-order valence-corrected chi connectivity index (χ4v) is 5.99. The summed E-state index contributed by atoms with van der Waals surface area (Å²) in [6.45, 7) is 18.8. The number of aryl methyl sites for hydroxylation is 2. The molecule has 0 saturated carbocycles. The lowest BCUT2D eigenvalue weighted by atomic mass is 9.95. The molecule has 0 atom stereocenters. The van der Waals surface area contributed by atoms with Gasteiger partial charge in [-0.3, -0.25) is 4.79 Å². The zero-order valence-electron chi connectivity index (χ0n) is 26.2. The highest BCUT2D eigenvalue weighted by Crippen LogP contribution is 2.38. The van der Waals surface area contributed by atoms with Gasteiger partial charge in [0.25, 0.3) is 5.56 Å². The molecular formula is C31H46N5O4Si. The number of hydrogen-bond donors (Lipinski definition) is 0. The van der Waals surface area contributed by atoms with Crippen molar-refractivity contribution in [2.45, 2.75) is 97.7 Å². The molecule has 9 nitrogen and oxygen atoms in total. The second-order valence-corrected chi connectivity index (χ2v) is 15.8. The Morgan fingerprint density at radius 1 is 1.20 bits per heavy atom. The standard InChI is InChI=1S/C31H46N5O4Si/c1-20(2)25-26-24(17-32-28(33-26)22-10-12-35(13-11-22)30(38)40-31(4,5)6)36(19-39-14-15-41(8)9)27(25)23-16-21(3)29(37)34(7)18-23/h16-18,20,22H,10-15,19H2,1-9H3. The van der Waals surface area contributed by atoms with Crippen LogP contribution in [0.3, 0.4) is 0 Å². The first kappa shape index (κ1) is 31.0. The monoisotopic (exact) mass is 580 g/mol. The summed E-state index contributed by atoms with van der Waals surface area (Å²) >= 11 is 0. The maximum absolute atomic E-state index is 12.6. The lowest BCUT2D eigenvalue weighted by Gasteiger charge is -2.32. The SMILES string of the molecule is Cc1cc(-c2c(C(C)C)c3nc(C4CCN(C(=O)OC(C)(C)C)CC4)ncc3n2COCC[Si](C)C)cn(C)c1=O. The van der Waals surface area contributed by atoms with Crippen LogP contribution in [0.4, 0.5) is 4.79 Å². The Morgan fingerprint density at radius 2 is 1.88 bits per heavy atom. The number of nitrogens with zero attached hydrogens (tertiary/aromatic N) is 5. The van der Waals surface area contributed by atoms with Crippen LogP contribution in [-0.4, -0.2) is 64.2 Å². The van der Waals surface area contributed by atoms with Crippen molar-refractivity contribution in [3.05, 3.63) is 45.8 Å². The molecule has 4 rings (SSSR count). The summed E-state index contributed by atoms with van der Waals surface area (Å²) in [5.74, 6) is 1.16. The van der Waals surface area contributed by atoms with E-state index in [-0.39, 0.29) is 32.3 Å². The molecule has 4 heterocycles. The summed E-state index contributed by atoms with van der Waals surface area (Å²) in [5, 5.41) is 0. The van der Waals surface area contributed by atoms with E-state index in [1.807, 2.05) is 46.2 Å². The highest BCUT2D eigenvalue weighted by atomic mass is 28.3. The van der Waals surface area contributed by atoms with Crippen molar-refractivity contribution in [3.63, 3.8) is 0 Å². The molecule has 0 bridgehead atoms. The fourth-order valence-electron chi connectivity index (χ4n) is 5.44. The zero-order chi connectivity index (χ0) is 30.1. The van der Waals surface area contributed by atoms with Crippen LogP contribution in [0.2, 0.25) is 19.1 Å². The molecule has 0 aliphatic carbocycles.